The highest BCUT2D eigenvalue weighted by Crippen LogP contribution is 2.23. The highest BCUT2D eigenvalue weighted by molar-refractivity contribution is 5.75. The van der Waals surface area contributed by atoms with Crippen molar-refractivity contribution in [3.63, 3.8) is 0 Å². The van der Waals surface area contributed by atoms with Crippen molar-refractivity contribution in [2.24, 2.45) is 0 Å². The van der Waals surface area contributed by atoms with Gasteiger partial charge in [0.25, 0.3) is 0 Å². The summed E-state index contributed by atoms with van der Waals surface area (Å²) in [4.78, 5) is 21.9. The van der Waals surface area contributed by atoms with Crippen LogP contribution in [-0.4, -0.2) is 17.0 Å². The molecule has 0 aliphatic rings. The Kier molecular flexibility index (Phi) is 4.26. The Balaban J connectivity index is 3.07. The van der Waals surface area contributed by atoms with Gasteiger partial charge in [-0.25, -0.2) is 0 Å². The van der Waals surface area contributed by atoms with Crippen molar-refractivity contribution >= 4 is 11.9 Å². The molecule has 1 aromatic rings. The summed E-state index contributed by atoms with van der Waals surface area (Å²) >= 11 is 0. The molecular weight excluding hydrogens is 218 g/mol. The Morgan fingerprint density at radius 1 is 1.35 bits per heavy atom. The molecule has 0 aliphatic heterocycles. The number of hydrogen-bond donors (Lipinski definition) is 2. The lowest BCUT2D eigenvalue weighted by Gasteiger charge is -2.19. The van der Waals surface area contributed by atoms with Gasteiger partial charge in [-0.3, -0.25) is 9.59 Å². The van der Waals surface area contributed by atoms with E-state index in [-0.39, 0.29) is 12.3 Å². The third-order valence-electron chi connectivity index (χ3n) is 2.78. The summed E-state index contributed by atoms with van der Waals surface area (Å²) in [5.74, 6) is -1.15. The molecule has 2 N–H and O–H groups in total. The molecule has 1 aromatic carbocycles. The zero-order valence-corrected chi connectivity index (χ0v) is 10.3. The first-order valence-corrected chi connectivity index (χ1v) is 5.47. The van der Waals surface area contributed by atoms with Gasteiger partial charge in [0.1, 0.15) is 0 Å². The predicted molar refractivity (Wildman–Crippen MR) is 64.7 cm³/mol. The van der Waals surface area contributed by atoms with Gasteiger partial charge in [0.2, 0.25) is 5.91 Å². The summed E-state index contributed by atoms with van der Waals surface area (Å²) < 4.78 is 0. The Bertz CT molecular complexity index is 424. The first-order valence-electron chi connectivity index (χ1n) is 5.47. The van der Waals surface area contributed by atoms with Crippen LogP contribution in [0.25, 0.3) is 0 Å². The second-order valence-corrected chi connectivity index (χ2v) is 4.14. The summed E-state index contributed by atoms with van der Waals surface area (Å²) in [5.41, 5.74) is 2.97. The van der Waals surface area contributed by atoms with Crippen LogP contribution < -0.4 is 5.32 Å². The van der Waals surface area contributed by atoms with Crippen molar-refractivity contribution in [3.05, 3.63) is 34.9 Å². The van der Waals surface area contributed by atoms with E-state index >= 15 is 0 Å². The zero-order valence-electron chi connectivity index (χ0n) is 10.3. The minimum absolute atomic E-state index is 0.107. The van der Waals surface area contributed by atoms with Crippen LogP contribution in [0.4, 0.5) is 0 Å². The van der Waals surface area contributed by atoms with Gasteiger partial charge in [-0.1, -0.05) is 18.2 Å². The molecule has 1 unspecified atom stereocenters. The maximum absolute atomic E-state index is 11.1. The van der Waals surface area contributed by atoms with Crippen molar-refractivity contribution in [2.45, 2.75) is 33.2 Å². The van der Waals surface area contributed by atoms with Gasteiger partial charge in [0.05, 0.1) is 12.5 Å². The van der Waals surface area contributed by atoms with Gasteiger partial charge < -0.3 is 10.4 Å². The number of benzene rings is 1. The molecule has 92 valence electrons. The van der Waals surface area contributed by atoms with Gasteiger partial charge >= 0.3 is 5.97 Å². The molecule has 0 radical (unpaired) electrons. The molecule has 0 bridgehead atoms. The summed E-state index contributed by atoms with van der Waals surface area (Å²) in [6.07, 6.45) is -0.107. The minimum Gasteiger partial charge on any atom is -0.481 e. The van der Waals surface area contributed by atoms with E-state index in [1.807, 2.05) is 32.0 Å². The van der Waals surface area contributed by atoms with Crippen LogP contribution in [0, 0.1) is 13.8 Å². The molecule has 0 spiro atoms. The highest BCUT2D eigenvalue weighted by Gasteiger charge is 2.18. The van der Waals surface area contributed by atoms with Crippen LogP contribution in [-0.2, 0) is 9.59 Å². The van der Waals surface area contributed by atoms with Crippen LogP contribution in [0.5, 0.6) is 0 Å². The van der Waals surface area contributed by atoms with E-state index in [1.165, 1.54) is 6.92 Å². The number of aryl methyl sites for hydroxylation is 1. The standard InChI is InChI=1S/C13H17NO3/c1-8-5-4-6-11(9(8)2)12(7-13(16)17)14-10(3)15/h4-6,12H,7H2,1-3H3,(H,14,15)(H,16,17). The van der Waals surface area contributed by atoms with Crippen LogP contribution in [0.2, 0.25) is 0 Å². The Morgan fingerprint density at radius 3 is 2.53 bits per heavy atom. The molecule has 1 atom stereocenters. The van der Waals surface area contributed by atoms with Crippen LogP contribution in [0.3, 0.4) is 0 Å². The van der Waals surface area contributed by atoms with Crippen LogP contribution >= 0.6 is 0 Å². The highest BCUT2D eigenvalue weighted by atomic mass is 16.4. The number of carboxylic acid groups (broad SMARTS) is 1. The molecule has 0 saturated carbocycles. The lowest BCUT2D eigenvalue weighted by molar-refractivity contribution is -0.137. The molecule has 0 aliphatic carbocycles. The summed E-state index contributed by atoms with van der Waals surface area (Å²) in [5, 5.41) is 11.5. The Labute approximate surface area is 101 Å². The first kappa shape index (κ1) is 13.2. The number of carbonyl (C=O) groups is 2. The Hall–Kier alpha value is -1.84. The molecule has 4 nitrogen and oxygen atoms in total. The second kappa shape index (κ2) is 5.48. The number of carbonyl (C=O) groups excluding carboxylic acids is 1. The molecule has 0 heterocycles. The molecule has 4 heteroatoms. The van der Waals surface area contributed by atoms with Gasteiger partial charge in [0, 0.05) is 6.92 Å². The number of carboxylic acids is 1. The topological polar surface area (TPSA) is 66.4 Å². The van der Waals surface area contributed by atoms with Crippen molar-refractivity contribution < 1.29 is 14.7 Å². The minimum atomic E-state index is -0.926. The fraction of sp³-hybridized carbons (Fsp3) is 0.385. The van der Waals surface area contributed by atoms with E-state index in [0.717, 1.165) is 16.7 Å². The average Bonchev–Trinajstić information content (AvgIpc) is 2.19. The zero-order chi connectivity index (χ0) is 13.0. The second-order valence-electron chi connectivity index (χ2n) is 4.14. The van der Waals surface area contributed by atoms with E-state index in [9.17, 15) is 9.59 Å². The van der Waals surface area contributed by atoms with E-state index < -0.39 is 12.0 Å². The average molecular weight is 235 g/mol. The fourth-order valence-corrected chi connectivity index (χ4v) is 1.81. The SMILES string of the molecule is CC(=O)NC(CC(=O)O)c1cccc(C)c1C. The van der Waals surface area contributed by atoms with Gasteiger partial charge in [-0.15, -0.1) is 0 Å². The molecule has 0 aromatic heterocycles. The van der Waals surface area contributed by atoms with Gasteiger partial charge in [0.15, 0.2) is 0 Å². The maximum atomic E-state index is 11.1. The van der Waals surface area contributed by atoms with Crippen molar-refractivity contribution in [1.82, 2.24) is 5.32 Å². The van der Waals surface area contributed by atoms with Gasteiger partial charge in [-0.05, 0) is 30.5 Å². The summed E-state index contributed by atoms with van der Waals surface area (Å²) in [6, 6.07) is 5.22. The molecule has 1 amide bonds. The quantitative estimate of drug-likeness (QED) is 0.838. The molecule has 0 fully saturated rings. The largest absolute Gasteiger partial charge is 0.481 e. The normalized spacial score (nSPS) is 11.9. The number of nitrogens with one attached hydrogen (secondary N) is 1. The smallest absolute Gasteiger partial charge is 0.305 e. The number of rotatable bonds is 4. The Morgan fingerprint density at radius 2 is 2.00 bits per heavy atom. The molecular formula is C13H17NO3. The summed E-state index contributed by atoms with van der Waals surface area (Å²) in [6.45, 7) is 5.28. The van der Waals surface area contributed by atoms with E-state index in [2.05, 4.69) is 5.32 Å². The third kappa shape index (κ3) is 3.59. The lowest BCUT2D eigenvalue weighted by atomic mass is 9.95. The molecule has 0 saturated heterocycles. The van der Waals surface area contributed by atoms with E-state index in [4.69, 9.17) is 5.11 Å². The monoisotopic (exact) mass is 235 g/mol. The lowest BCUT2D eigenvalue weighted by Crippen LogP contribution is -2.28. The number of aliphatic carboxylic acids is 1. The fourth-order valence-electron chi connectivity index (χ4n) is 1.81. The van der Waals surface area contributed by atoms with E-state index in [0.29, 0.717) is 0 Å². The molecule has 17 heavy (non-hydrogen) atoms. The third-order valence-corrected chi connectivity index (χ3v) is 2.78. The van der Waals surface area contributed by atoms with Crippen LogP contribution in [0.1, 0.15) is 36.1 Å². The van der Waals surface area contributed by atoms with Crippen molar-refractivity contribution in [3.8, 4) is 0 Å². The van der Waals surface area contributed by atoms with E-state index in [1.54, 1.807) is 0 Å². The molecule has 1 rings (SSSR count). The predicted octanol–water partition coefficient (Wildman–Crippen LogP) is 1.96. The van der Waals surface area contributed by atoms with Gasteiger partial charge in [-0.2, -0.15) is 0 Å². The maximum Gasteiger partial charge on any atom is 0.305 e. The van der Waals surface area contributed by atoms with Crippen molar-refractivity contribution in [1.29, 1.82) is 0 Å². The van der Waals surface area contributed by atoms with Crippen LogP contribution in [0.15, 0.2) is 18.2 Å². The number of amides is 1. The first-order chi connectivity index (χ1) is 7.91. The van der Waals surface area contributed by atoms with Crippen molar-refractivity contribution in [2.75, 3.05) is 0 Å². The number of hydrogen-bond acceptors (Lipinski definition) is 2. The summed E-state index contributed by atoms with van der Waals surface area (Å²) in [7, 11) is 0.